The molecule has 1 N–H and O–H groups in total. The number of aromatic nitrogens is 3. The first-order chi connectivity index (χ1) is 13.2. The molecule has 1 fully saturated rings. The highest BCUT2D eigenvalue weighted by Crippen LogP contribution is 2.28. The van der Waals surface area contributed by atoms with Gasteiger partial charge >= 0.3 is 0 Å². The van der Waals surface area contributed by atoms with E-state index >= 15 is 0 Å². The number of piperazine rings is 1. The molecule has 0 spiro atoms. The zero-order valence-corrected chi connectivity index (χ0v) is 14.5. The molecule has 1 aliphatic heterocycles. The number of carbonyl (C=O) groups excluding carboxylic acids is 2. The van der Waals surface area contributed by atoms with Gasteiger partial charge in [0.25, 0.3) is 5.91 Å². The Morgan fingerprint density at radius 3 is 2.15 bits per heavy atom. The van der Waals surface area contributed by atoms with Gasteiger partial charge in [-0.3, -0.25) is 9.59 Å². The molecule has 0 atom stereocenters. The Kier molecular flexibility index (Phi) is 4.57. The maximum Gasteiger partial charge on any atom is 0.294 e. The minimum Gasteiger partial charge on any atom is -0.353 e. The van der Waals surface area contributed by atoms with Gasteiger partial charge in [-0.1, -0.05) is 60.7 Å². The summed E-state index contributed by atoms with van der Waals surface area (Å²) in [5.41, 5.74) is 2.90. The molecule has 0 bridgehead atoms. The smallest absolute Gasteiger partial charge is 0.294 e. The quantitative estimate of drug-likeness (QED) is 0.770. The number of carbonyl (C=O) groups is 2. The van der Waals surface area contributed by atoms with Gasteiger partial charge in [-0.25, -0.2) is 4.98 Å². The molecule has 3 aromatic rings. The van der Waals surface area contributed by atoms with Gasteiger partial charge in [-0.05, 0) is 0 Å². The van der Waals surface area contributed by atoms with Gasteiger partial charge in [0, 0.05) is 24.2 Å². The van der Waals surface area contributed by atoms with Crippen LogP contribution in [0.1, 0.15) is 10.6 Å². The average molecular weight is 359 g/mol. The van der Waals surface area contributed by atoms with Crippen molar-refractivity contribution in [1.82, 2.24) is 25.4 Å². The second-order valence-corrected chi connectivity index (χ2v) is 6.14. The van der Waals surface area contributed by atoms with Gasteiger partial charge in [-0.2, -0.15) is 0 Å². The number of hydrogen-bond donors (Lipinski definition) is 1. The van der Waals surface area contributed by atoms with E-state index in [9.17, 15) is 9.59 Å². The fourth-order valence-electron chi connectivity index (χ4n) is 2.96. The maximum absolute atomic E-state index is 12.8. The first-order valence-electron chi connectivity index (χ1n) is 8.64. The Balaban J connectivity index is 1.77. The zero-order chi connectivity index (χ0) is 18.6. The predicted molar refractivity (Wildman–Crippen MR) is 99.6 cm³/mol. The van der Waals surface area contributed by atoms with Crippen molar-refractivity contribution in [2.45, 2.75) is 0 Å². The van der Waals surface area contributed by atoms with E-state index < -0.39 is 5.91 Å². The molecule has 134 valence electrons. The number of benzene rings is 2. The van der Waals surface area contributed by atoms with Crippen molar-refractivity contribution in [3.05, 3.63) is 66.5 Å². The molecule has 0 saturated carbocycles. The van der Waals surface area contributed by atoms with Gasteiger partial charge in [-0.15, -0.1) is 10.2 Å². The highest BCUT2D eigenvalue weighted by Gasteiger charge is 2.26. The summed E-state index contributed by atoms with van der Waals surface area (Å²) in [6.45, 7) is 0.851. The summed E-state index contributed by atoms with van der Waals surface area (Å²) >= 11 is 0. The Bertz CT molecular complexity index is 976. The number of rotatable bonds is 3. The van der Waals surface area contributed by atoms with Crippen LogP contribution in [-0.2, 0) is 4.79 Å². The van der Waals surface area contributed by atoms with Crippen molar-refractivity contribution in [2.24, 2.45) is 0 Å². The lowest BCUT2D eigenvalue weighted by molar-refractivity contribution is -0.123. The summed E-state index contributed by atoms with van der Waals surface area (Å²) in [6, 6.07) is 19.2. The van der Waals surface area contributed by atoms with Crippen LogP contribution < -0.4 is 5.32 Å². The molecule has 2 aromatic carbocycles. The molecule has 0 radical (unpaired) electrons. The standard InChI is InChI=1S/C20H17N5O2/c26-16-13-25(12-11-21-16)20(27)19-22-17(14-7-3-1-4-8-14)18(23-24-19)15-9-5-2-6-10-15/h1-10H,11-13H2,(H,21,26). The molecule has 7 nitrogen and oxygen atoms in total. The van der Waals surface area contributed by atoms with Crippen molar-refractivity contribution in [1.29, 1.82) is 0 Å². The zero-order valence-electron chi connectivity index (χ0n) is 14.5. The maximum atomic E-state index is 12.8. The monoisotopic (exact) mass is 359 g/mol. The normalized spacial score (nSPS) is 13.9. The summed E-state index contributed by atoms with van der Waals surface area (Å²) in [4.78, 5) is 30.3. The van der Waals surface area contributed by atoms with Gasteiger partial charge in [0.15, 0.2) is 0 Å². The van der Waals surface area contributed by atoms with Crippen LogP contribution in [-0.4, -0.2) is 51.5 Å². The molecule has 2 heterocycles. The lowest BCUT2D eigenvalue weighted by Gasteiger charge is -2.25. The third kappa shape index (κ3) is 3.52. The minimum atomic E-state index is -0.394. The average Bonchev–Trinajstić information content (AvgIpc) is 2.74. The van der Waals surface area contributed by atoms with Gasteiger partial charge in [0.2, 0.25) is 11.7 Å². The van der Waals surface area contributed by atoms with Crippen LogP contribution >= 0.6 is 0 Å². The topological polar surface area (TPSA) is 88.1 Å². The number of hydrogen-bond acceptors (Lipinski definition) is 5. The molecule has 1 aromatic heterocycles. The summed E-state index contributed by atoms with van der Waals surface area (Å²) in [7, 11) is 0. The number of nitrogens with zero attached hydrogens (tertiary/aromatic N) is 4. The lowest BCUT2D eigenvalue weighted by atomic mass is 10.0. The molecule has 27 heavy (non-hydrogen) atoms. The molecule has 0 aliphatic carbocycles. The van der Waals surface area contributed by atoms with E-state index in [-0.39, 0.29) is 18.3 Å². The Morgan fingerprint density at radius 2 is 1.52 bits per heavy atom. The van der Waals surface area contributed by atoms with Crippen LogP contribution in [0, 0.1) is 0 Å². The molecule has 4 rings (SSSR count). The third-order valence-corrected chi connectivity index (χ3v) is 4.30. The van der Waals surface area contributed by atoms with E-state index in [0.29, 0.717) is 24.5 Å². The van der Waals surface area contributed by atoms with E-state index in [1.54, 1.807) is 0 Å². The first-order valence-corrected chi connectivity index (χ1v) is 8.64. The van der Waals surface area contributed by atoms with Crippen LogP contribution in [0.3, 0.4) is 0 Å². The van der Waals surface area contributed by atoms with Crippen molar-refractivity contribution in [3.8, 4) is 22.5 Å². The summed E-state index contributed by atoms with van der Waals surface area (Å²) in [6.07, 6.45) is 0. The van der Waals surface area contributed by atoms with Crippen LogP contribution in [0.25, 0.3) is 22.5 Å². The van der Waals surface area contributed by atoms with E-state index in [1.165, 1.54) is 4.90 Å². The molecular weight excluding hydrogens is 342 g/mol. The lowest BCUT2D eigenvalue weighted by Crippen LogP contribution is -2.50. The Labute approximate surface area is 156 Å². The van der Waals surface area contributed by atoms with Crippen LogP contribution in [0.15, 0.2) is 60.7 Å². The fraction of sp³-hybridized carbons (Fsp3) is 0.150. The minimum absolute atomic E-state index is 0.00327. The Morgan fingerprint density at radius 1 is 0.889 bits per heavy atom. The van der Waals surface area contributed by atoms with E-state index in [1.807, 2.05) is 60.7 Å². The summed E-state index contributed by atoms with van der Waals surface area (Å²) < 4.78 is 0. The second kappa shape index (κ2) is 7.33. The van der Waals surface area contributed by atoms with E-state index in [4.69, 9.17) is 0 Å². The number of nitrogens with one attached hydrogen (secondary N) is 1. The van der Waals surface area contributed by atoms with Gasteiger partial charge in [0.05, 0.1) is 0 Å². The van der Waals surface area contributed by atoms with Crippen LogP contribution in [0.2, 0.25) is 0 Å². The van der Waals surface area contributed by atoms with Crippen molar-refractivity contribution < 1.29 is 9.59 Å². The molecule has 2 amide bonds. The molecule has 7 heteroatoms. The summed E-state index contributed by atoms with van der Waals surface area (Å²) in [5, 5.41) is 11.1. The van der Waals surface area contributed by atoms with Crippen molar-refractivity contribution in [3.63, 3.8) is 0 Å². The van der Waals surface area contributed by atoms with Gasteiger partial charge < -0.3 is 10.2 Å². The van der Waals surface area contributed by atoms with Crippen LogP contribution in [0.4, 0.5) is 0 Å². The Hall–Kier alpha value is -3.61. The fourth-order valence-corrected chi connectivity index (χ4v) is 2.96. The molecule has 1 saturated heterocycles. The van der Waals surface area contributed by atoms with Crippen molar-refractivity contribution in [2.75, 3.05) is 19.6 Å². The SMILES string of the molecule is O=C1CN(C(=O)c2nnc(-c3ccccc3)c(-c3ccccc3)n2)CCN1. The van der Waals surface area contributed by atoms with E-state index in [0.717, 1.165) is 11.1 Å². The van der Waals surface area contributed by atoms with Crippen LogP contribution in [0.5, 0.6) is 0 Å². The molecule has 0 unspecified atom stereocenters. The third-order valence-electron chi connectivity index (χ3n) is 4.30. The van der Waals surface area contributed by atoms with E-state index in [2.05, 4.69) is 20.5 Å². The second-order valence-electron chi connectivity index (χ2n) is 6.14. The molecular formula is C20H17N5O2. The predicted octanol–water partition coefficient (Wildman–Crippen LogP) is 1.78. The van der Waals surface area contributed by atoms with Gasteiger partial charge in [0.1, 0.15) is 17.9 Å². The largest absolute Gasteiger partial charge is 0.353 e. The van der Waals surface area contributed by atoms with Crippen molar-refractivity contribution >= 4 is 11.8 Å². The number of amides is 2. The summed E-state index contributed by atoms with van der Waals surface area (Å²) in [5.74, 6) is -0.593. The highest BCUT2D eigenvalue weighted by atomic mass is 16.2. The first kappa shape index (κ1) is 16.8. The molecule has 1 aliphatic rings. The highest BCUT2D eigenvalue weighted by molar-refractivity contribution is 5.95.